The molecule has 1 saturated heterocycles. The van der Waals surface area contributed by atoms with E-state index in [0.29, 0.717) is 22.9 Å². The van der Waals surface area contributed by atoms with Gasteiger partial charge in [0.1, 0.15) is 30.5 Å². The number of aryl methyl sites for hydroxylation is 1. The van der Waals surface area contributed by atoms with E-state index < -0.39 is 5.92 Å². The maximum atomic E-state index is 13.6. The maximum absolute atomic E-state index is 13.6. The lowest BCUT2D eigenvalue weighted by Crippen LogP contribution is -3.14. The van der Waals surface area contributed by atoms with Gasteiger partial charge in [0.15, 0.2) is 0 Å². The first kappa shape index (κ1) is 20.5. The Hall–Kier alpha value is -2.79. The SMILES string of the molecule is Cc1cc2c(c(=O)n1CC[NH+]1CCOCC1)[C@H](c1cccc(Cl)c1)C(C#N)=C(N)O2. The fourth-order valence-corrected chi connectivity index (χ4v) is 4.36. The molecule has 0 amide bonds. The highest BCUT2D eigenvalue weighted by Gasteiger charge is 2.34. The average Bonchev–Trinajstić information content (AvgIpc) is 2.73. The number of hydrogen-bond donors (Lipinski definition) is 2. The lowest BCUT2D eigenvalue weighted by Gasteiger charge is -2.28. The number of morpholine rings is 1. The molecule has 1 aromatic carbocycles. The molecular formula is C22H24ClN4O3+. The van der Waals surface area contributed by atoms with Crippen LogP contribution in [0.15, 0.2) is 46.6 Å². The zero-order valence-electron chi connectivity index (χ0n) is 16.8. The Kier molecular flexibility index (Phi) is 5.82. The van der Waals surface area contributed by atoms with Crippen LogP contribution in [0.1, 0.15) is 22.7 Å². The molecule has 1 fully saturated rings. The summed E-state index contributed by atoms with van der Waals surface area (Å²) in [7, 11) is 0. The van der Waals surface area contributed by atoms with E-state index >= 15 is 0 Å². The number of quaternary nitrogens is 1. The summed E-state index contributed by atoms with van der Waals surface area (Å²) in [6.07, 6.45) is 0. The third-order valence-corrected chi connectivity index (χ3v) is 6.00. The number of benzene rings is 1. The van der Waals surface area contributed by atoms with Crippen LogP contribution in [0.25, 0.3) is 0 Å². The highest BCUT2D eigenvalue weighted by atomic mass is 35.5. The van der Waals surface area contributed by atoms with Crippen molar-refractivity contribution in [2.24, 2.45) is 5.73 Å². The quantitative estimate of drug-likeness (QED) is 0.757. The van der Waals surface area contributed by atoms with Gasteiger partial charge >= 0.3 is 0 Å². The van der Waals surface area contributed by atoms with Crippen molar-refractivity contribution in [2.45, 2.75) is 19.4 Å². The van der Waals surface area contributed by atoms with Gasteiger partial charge in [-0.1, -0.05) is 23.7 Å². The molecule has 4 rings (SSSR count). The summed E-state index contributed by atoms with van der Waals surface area (Å²) in [5.41, 5.74) is 8.05. The molecule has 0 aliphatic carbocycles. The number of aromatic nitrogens is 1. The van der Waals surface area contributed by atoms with E-state index in [-0.39, 0.29) is 17.0 Å². The molecule has 2 aliphatic heterocycles. The molecule has 0 saturated carbocycles. The summed E-state index contributed by atoms with van der Waals surface area (Å²) in [5, 5.41) is 10.3. The number of nitrogens with two attached hydrogens (primary N) is 1. The molecule has 0 radical (unpaired) electrons. The molecule has 0 bridgehead atoms. The molecule has 0 unspecified atom stereocenters. The van der Waals surface area contributed by atoms with Crippen LogP contribution in [0.3, 0.4) is 0 Å². The van der Waals surface area contributed by atoms with Gasteiger partial charge in [-0.15, -0.1) is 0 Å². The minimum atomic E-state index is -0.618. The van der Waals surface area contributed by atoms with Crippen LogP contribution < -0.4 is 20.9 Å². The van der Waals surface area contributed by atoms with E-state index in [2.05, 4.69) is 6.07 Å². The number of fused-ring (bicyclic) bond motifs is 1. The van der Waals surface area contributed by atoms with Gasteiger partial charge in [-0.2, -0.15) is 5.26 Å². The second kappa shape index (κ2) is 8.52. The van der Waals surface area contributed by atoms with Crippen molar-refractivity contribution < 1.29 is 14.4 Å². The molecule has 3 heterocycles. The van der Waals surface area contributed by atoms with E-state index in [0.717, 1.165) is 44.1 Å². The van der Waals surface area contributed by atoms with Crippen LogP contribution in [0.2, 0.25) is 5.02 Å². The van der Waals surface area contributed by atoms with E-state index in [1.165, 1.54) is 4.90 Å². The van der Waals surface area contributed by atoms with Gasteiger partial charge in [0, 0.05) is 16.8 Å². The monoisotopic (exact) mass is 427 g/mol. The lowest BCUT2D eigenvalue weighted by atomic mass is 9.84. The van der Waals surface area contributed by atoms with Crippen LogP contribution in [-0.2, 0) is 11.3 Å². The summed E-state index contributed by atoms with van der Waals surface area (Å²) >= 11 is 6.19. The highest BCUT2D eigenvalue weighted by molar-refractivity contribution is 6.30. The number of nitrogens with zero attached hydrogens (tertiary/aromatic N) is 2. The normalized spacial score (nSPS) is 19.2. The second-order valence-corrected chi connectivity index (χ2v) is 8.05. The number of halogens is 1. The molecule has 7 nitrogen and oxygen atoms in total. The zero-order chi connectivity index (χ0) is 21.3. The van der Waals surface area contributed by atoms with E-state index in [1.54, 1.807) is 22.8 Å². The Labute approximate surface area is 179 Å². The molecular weight excluding hydrogens is 404 g/mol. The number of ether oxygens (including phenoxy) is 2. The highest BCUT2D eigenvalue weighted by Crippen LogP contribution is 2.40. The number of nitrogens with one attached hydrogen (secondary N) is 1. The third kappa shape index (κ3) is 3.82. The Bertz CT molecular complexity index is 1100. The van der Waals surface area contributed by atoms with E-state index in [1.807, 2.05) is 19.1 Å². The summed E-state index contributed by atoms with van der Waals surface area (Å²) in [6.45, 7) is 6.65. The Balaban J connectivity index is 1.78. The van der Waals surface area contributed by atoms with Crippen LogP contribution in [0, 0.1) is 18.3 Å². The minimum Gasteiger partial charge on any atom is -0.440 e. The van der Waals surface area contributed by atoms with Crippen LogP contribution in [-0.4, -0.2) is 37.4 Å². The fraction of sp³-hybridized carbons (Fsp3) is 0.364. The first-order valence-electron chi connectivity index (χ1n) is 9.98. The molecule has 3 N–H and O–H groups in total. The molecule has 1 atom stereocenters. The average molecular weight is 428 g/mol. The summed E-state index contributed by atoms with van der Waals surface area (Å²) in [4.78, 5) is 15.0. The van der Waals surface area contributed by atoms with Gasteiger partial charge in [0.05, 0.1) is 37.8 Å². The zero-order valence-corrected chi connectivity index (χ0v) is 17.5. The van der Waals surface area contributed by atoms with Crippen molar-refractivity contribution in [1.29, 1.82) is 5.26 Å². The number of hydrogen-bond acceptors (Lipinski definition) is 5. The predicted octanol–water partition coefficient (Wildman–Crippen LogP) is 0.943. The van der Waals surface area contributed by atoms with Crippen molar-refractivity contribution in [2.75, 3.05) is 32.8 Å². The van der Waals surface area contributed by atoms with Crippen molar-refractivity contribution in [3.63, 3.8) is 0 Å². The van der Waals surface area contributed by atoms with Gasteiger partial charge in [0.25, 0.3) is 5.56 Å². The summed E-state index contributed by atoms with van der Waals surface area (Å²) in [6, 6.07) is 11.1. The topological polar surface area (TPSA) is 94.7 Å². The van der Waals surface area contributed by atoms with Crippen molar-refractivity contribution in [1.82, 2.24) is 4.57 Å². The predicted molar refractivity (Wildman–Crippen MR) is 113 cm³/mol. The van der Waals surface area contributed by atoms with Gasteiger partial charge in [-0.3, -0.25) is 4.79 Å². The molecule has 1 aromatic heterocycles. The molecule has 0 spiro atoms. The molecule has 2 aliphatic rings. The van der Waals surface area contributed by atoms with E-state index in [4.69, 9.17) is 26.8 Å². The van der Waals surface area contributed by atoms with E-state index in [9.17, 15) is 10.1 Å². The van der Waals surface area contributed by atoms with Crippen molar-refractivity contribution in [3.05, 3.63) is 74.0 Å². The van der Waals surface area contributed by atoms with Gasteiger partial charge in [-0.25, -0.2) is 0 Å². The number of nitriles is 1. The number of allylic oxidation sites excluding steroid dienone is 1. The Morgan fingerprint density at radius 2 is 2.10 bits per heavy atom. The summed E-state index contributed by atoms with van der Waals surface area (Å²) < 4.78 is 12.9. The Morgan fingerprint density at radius 1 is 1.33 bits per heavy atom. The maximum Gasteiger partial charge on any atom is 0.258 e. The number of rotatable bonds is 4. The smallest absolute Gasteiger partial charge is 0.258 e. The minimum absolute atomic E-state index is 0.0179. The third-order valence-electron chi connectivity index (χ3n) is 5.76. The van der Waals surface area contributed by atoms with Gasteiger partial charge in [0.2, 0.25) is 5.88 Å². The second-order valence-electron chi connectivity index (χ2n) is 7.61. The van der Waals surface area contributed by atoms with Crippen LogP contribution >= 0.6 is 11.6 Å². The first-order valence-corrected chi connectivity index (χ1v) is 10.4. The van der Waals surface area contributed by atoms with Crippen molar-refractivity contribution >= 4 is 11.6 Å². The molecule has 30 heavy (non-hydrogen) atoms. The Morgan fingerprint density at radius 3 is 2.80 bits per heavy atom. The largest absolute Gasteiger partial charge is 0.440 e. The standard InChI is InChI=1S/C22H23ClN4O3/c1-14-11-18-20(22(28)27(14)6-5-26-7-9-29-10-8-26)19(17(13-24)21(25)30-18)15-3-2-4-16(23)12-15/h2-4,11-12,19H,5-10,25H2,1H3/p+1/t19-/m1/s1. The van der Waals surface area contributed by atoms with Crippen molar-refractivity contribution in [3.8, 4) is 11.8 Å². The lowest BCUT2D eigenvalue weighted by molar-refractivity contribution is -0.908. The molecule has 156 valence electrons. The molecule has 8 heteroatoms. The van der Waals surface area contributed by atoms with Gasteiger partial charge < -0.3 is 24.7 Å². The fourth-order valence-electron chi connectivity index (χ4n) is 4.16. The summed E-state index contributed by atoms with van der Waals surface area (Å²) in [5.74, 6) is -0.203. The molecule has 2 aromatic rings. The number of pyridine rings is 1. The first-order chi connectivity index (χ1) is 14.5. The van der Waals surface area contributed by atoms with Crippen LogP contribution in [0.4, 0.5) is 0 Å². The van der Waals surface area contributed by atoms with Gasteiger partial charge in [-0.05, 0) is 24.6 Å². The van der Waals surface area contributed by atoms with Crippen LogP contribution in [0.5, 0.6) is 5.75 Å².